The molecule has 0 radical (unpaired) electrons. The summed E-state index contributed by atoms with van der Waals surface area (Å²) in [5, 5.41) is 1.26. The molecule has 4 heteroatoms. The zero-order valence-corrected chi connectivity index (χ0v) is 13.2. The van der Waals surface area contributed by atoms with Crippen molar-refractivity contribution in [3.63, 3.8) is 0 Å². The molecule has 0 saturated carbocycles. The number of rotatable bonds is 5. The van der Waals surface area contributed by atoms with Crippen LogP contribution in [0.25, 0.3) is 0 Å². The first-order valence-electron chi connectivity index (χ1n) is 7.18. The van der Waals surface area contributed by atoms with Crippen LogP contribution in [0.4, 0.5) is 0 Å². The van der Waals surface area contributed by atoms with Gasteiger partial charge in [-0.25, -0.2) is 0 Å². The van der Waals surface area contributed by atoms with Gasteiger partial charge in [-0.15, -0.1) is 0 Å². The fourth-order valence-corrected chi connectivity index (χ4v) is 4.32. The lowest BCUT2D eigenvalue weighted by molar-refractivity contribution is 0.112. The normalized spacial score (nSPS) is 11.0. The molecule has 3 aromatic carbocycles. The smallest absolute Gasteiger partial charge is 0.306 e. The summed E-state index contributed by atoms with van der Waals surface area (Å²) in [5.41, 5.74) is 0.548. The molecule has 0 unspecified atom stereocenters. The van der Waals surface area contributed by atoms with Crippen LogP contribution in [0.5, 0.6) is 5.75 Å². The summed E-state index contributed by atoms with van der Waals surface area (Å²) in [4.78, 5) is 10.8. The quantitative estimate of drug-likeness (QED) is 0.530. The number of aldehydes is 1. The fraction of sp³-hybridized carbons (Fsp3) is 0. The van der Waals surface area contributed by atoms with E-state index in [9.17, 15) is 9.36 Å². The summed E-state index contributed by atoms with van der Waals surface area (Å²) in [6.45, 7) is 0. The molecule has 0 fully saturated rings. The van der Waals surface area contributed by atoms with Gasteiger partial charge >= 0.3 is 7.37 Å². The van der Waals surface area contributed by atoms with Crippen LogP contribution < -0.4 is 15.1 Å². The maximum atomic E-state index is 13.6. The summed E-state index contributed by atoms with van der Waals surface area (Å²) in [5.74, 6) is 0.464. The van der Waals surface area contributed by atoms with Crippen LogP contribution in [0, 0.1) is 0 Å². The van der Waals surface area contributed by atoms with Crippen molar-refractivity contribution in [1.82, 2.24) is 0 Å². The molecule has 0 saturated heterocycles. The molecule has 0 aliphatic carbocycles. The first-order chi connectivity index (χ1) is 11.2. The van der Waals surface area contributed by atoms with Gasteiger partial charge in [0.1, 0.15) is 12.0 Å². The van der Waals surface area contributed by atoms with Gasteiger partial charge in [0.15, 0.2) is 0 Å². The Morgan fingerprint density at radius 2 is 1.17 bits per heavy atom. The third-order valence-electron chi connectivity index (χ3n) is 3.44. The molecular formula is C19H15O3P. The Kier molecular flexibility index (Phi) is 4.40. The number of carbonyl (C=O) groups excluding carboxylic acids is 1. The summed E-state index contributed by atoms with van der Waals surface area (Å²) in [6, 6.07) is 24.9. The van der Waals surface area contributed by atoms with Gasteiger partial charge in [-0.3, -0.25) is 9.36 Å². The van der Waals surface area contributed by atoms with Crippen LogP contribution in [-0.4, -0.2) is 6.29 Å². The van der Waals surface area contributed by atoms with E-state index in [4.69, 9.17) is 4.52 Å². The lowest BCUT2D eigenvalue weighted by atomic mass is 10.2. The molecule has 0 bridgehead atoms. The average Bonchev–Trinajstić information content (AvgIpc) is 2.64. The number of benzene rings is 3. The Morgan fingerprint density at radius 3 is 1.61 bits per heavy atom. The highest BCUT2D eigenvalue weighted by Gasteiger charge is 2.29. The van der Waals surface area contributed by atoms with Gasteiger partial charge in [0.2, 0.25) is 0 Å². The van der Waals surface area contributed by atoms with Crippen molar-refractivity contribution < 1.29 is 13.9 Å². The zero-order chi connectivity index (χ0) is 16.1. The third kappa shape index (κ3) is 3.25. The molecule has 0 aromatic heterocycles. The molecule has 3 rings (SSSR count). The second kappa shape index (κ2) is 6.64. The van der Waals surface area contributed by atoms with Crippen molar-refractivity contribution in [3.8, 4) is 5.75 Å². The van der Waals surface area contributed by atoms with Crippen LogP contribution in [0.3, 0.4) is 0 Å². The van der Waals surface area contributed by atoms with Crippen molar-refractivity contribution in [3.05, 3.63) is 90.5 Å². The van der Waals surface area contributed by atoms with E-state index in [1.807, 2.05) is 36.4 Å². The van der Waals surface area contributed by atoms with Gasteiger partial charge in [0.25, 0.3) is 0 Å². The molecule has 0 heterocycles. The lowest BCUT2D eigenvalue weighted by Gasteiger charge is -2.20. The number of carbonyl (C=O) groups is 1. The van der Waals surface area contributed by atoms with Crippen molar-refractivity contribution in [2.75, 3.05) is 0 Å². The van der Waals surface area contributed by atoms with Crippen molar-refractivity contribution in [2.24, 2.45) is 0 Å². The topological polar surface area (TPSA) is 43.4 Å². The second-order valence-corrected chi connectivity index (χ2v) is 7.32. The molecule has 114 valence electrons. The van der Waals surface area contributed by atoms with E-state index >= 15 is 0 Å². The van der Waals surface area contributed by atoms with Crippen molar-refractivity contribution in [1.29, 1.82) is 0 Å². The highest BCUT2D eigenvalue weighted by Crippen LogP contribution is 2.44. The van der Waals surface area contributed by atoms with Crippen LogP contribution >= 0.6 is 7.37 Å². The molecule has 3 nitrogen and oxygen atoms in total. The molecule has 0 amide bonds. The van der Waals surface area contributed by atoms with E-state index in [-0.39, 0.29) is 0 Å². The standard InChI is InChI=1S/C19H15O3P/c20-15-16-11-13-17(14-12-16)22-23(21,18-7-3-1-4-8-18)19-9-5-2-6-10-19/h1-15H. The van der Waals surface area contributed by atoms with E-state index in [1.54, 1.807) is 48.5 Å². The molecule has 0 aliphatic heterocycles. The van der Waals surface area contributed by atoms with Gasteiger partial charge in [-0.2, -0.15) is 0 Å². The monoisotopic (exact) mass is 322 g/mol. The minimum Gasteiger partial charge on any atom is -0.437 e. The Bertz CT molecular complexity index is 784. The summed E-state index contributed by atoms with van der Waals surface area (Å²) in [7, 11) is -3.26. The Morgan fingerprint density at radius 1 is 0.696 bits per heavy atom. The molecular weight excluding hydrogens is 307 g/mol. The van der Waals surface area contributed by atoms with E-state index in [2.05, 4.69) is 0 Å². The van der Waals surface area contributed by atoms with Gasteiger partial charge in [0, 0.05) is 5.56 Å². The Hall–Kier alpha value is -2.64. The van der Waals surface area contributed by atoms with E-state index in [0.29, 0.717) is 21.9 Å². The van der Waals surface area contributed by atoms with E-state index in [1.165, 1.54) is 0 Å². The van der Waals surface area contributed by atoms with Gasteiger partial charge < -0.3 is 4.52 Å². The highest BCUT2D eigenvalue weighted by atomic mass is 31.2. The molecule has 23 heavy (non-hydrogen) atoms. The van der Waals surface area contributed by atoms with Gasteiger partial charge in [-0.05, 0) is 48.5 Å². The fourth-order valence-electron chi connectivity index (χ4n) is 2.26. The van der Waals surface area contributed by atoms with E-state index in [0.717, 1.165) is 6.29 Å². The first kappa shape index (κ1) is 15.3. The predicted octanol–water partition coefficient (Wildman–Crippen LogP) is 3.81. The van der Waals surface area contributed by atoms with Crippen molar-refractivity contribution in [2.45, 2.75) is 0 Å². The molecule has 3 aromatic rings. The van der Waals surface area contributed by atoms with Gasteiger partial charge in [0.05, 0.1) is 10.6 Å². The third-order valence-corrected chi connectivity index (χ3v) is 5.87. The van der Waals surface area contributed by atoms with E-state index < -0.39 is 7.37 Å². The Balaban J connectivity index is 2.05. The molecule has 0 spiro atoms. The largest absolute Gasteiger partial charge is 0.437 e. The predicted molar refractivity (Wildman–Crippen MR) is 92.2 cm³/mol. The number of hydrogen-bond acceptors (Lipinski definition) is 3. The molecule has 0 N–H and O–H groups in total. The van der Waals surface area contributed by atoms with Crippen LogP contribution in [0.2, 0.25) is 0 Å². The summed E-state index contributed by atoms with van der Waals surface area (Å²) >= 11 is 0. The Labute approximate surface area is 135 Å². The summed E-state index contributed by atoms with van der Waals surface area (Å²) < 4.78 is 19.6. The second-order valence-electron chi connectivity index (χ2n) is 5.00. The minimum atomic E-state index is -3.26. The molecule has 0 aliphatic rings. The van der Waals surface area contributed by atoms with Crippen LogP contribution in [0.1, 0.15) is 10.4 Å². The first-order valence-corrected chi connectivity index (χ1v) is 8.81. The molecule has 0 atom stereocenters. The zero-order valence-electron chi connectivity index (χ0n) is 12.3. The maximum absolute atomic E-state index is 13.6. The maximum Gasteiger partial charge on any atom is 0.306 e. The SMILES string of the molecule is O=Cc1ccc(OP(=O)(c2ccccc2)c2ccccc2)cc1. The van der Waals surface area contributed by atoms with Gasteiger partial charge in [-0.1, -0.05) is 36.4 Å². The lowest BCUT2D eigenvalue weighted by Crippen LogP contribution is -2.20. The highest BCUT2D eigenvalue weighted by molar-refractivity contribution is 7.74. The van der Waals surface area contributed by atoms with Crippen LogP contribution in [-0.2, 0) is 4.57 Å². The average molecular weight is 322 g/mol. The number of hydrogen-bond donors (Lipinski definition) is 0. The summed E-state index contributed by atoms with van der Waals surface area (Å²) in [6.07, 6.45) is 0.762. The van der Waals surface area contributed by atoms with Crippen LogP contribution in [0.15, 0.2) is 84.9 Å². The van der Waals surface area contributed by atoms with Crippen molar-refractivity contribution >= 4 is 24.3 Å². The minimum absolute atomic E-state index is 0.464.